The molecule has 0 aliphatic carbocycles. The molecule has 2 amide bonds. The second kappa shape index (κ2) is 12.7. The third kappa shape index (κ3) is 7.03. The largest absolute Gasteiger partial charge is 0.392 e. The third-order valence-electron chi connectivity index (χ3n) is 7.55. The first-order chi connectivity index (χ1) is 19.0. The number of ether oxygens (including phenoxy) is 2. The van der Waals surface area contributed by atoms with E-state index >= 15 is 0 Å². The van der Waals surface area contributed by atoms with E-state index in [-0.39, 0.29) is 36.9 Å². The number of aliphatic hydroxyl groups excluding tert-OH is 2. The standard InChI is InChI=1S/C31H37N3O5/c1-21-28(19-34-16-15-27(36)18-34)38-30(39-29(21)24-9-7-23(20-35)8-10-24)25-11-13-26(14-12-25)33-31(37)32-17-22-5-3-2-4-6-22/h2-14,21,27-30,35-36H,15-20H2,1H3,(H2,32,33,37)/t21-,27-,28+,29+,30+/m0/s1. The molecule has 2 aliphatic heterocycles. The fourth-order valence-corrected chi connectivity index (χ4v) is 5.24. The monoisotopic (exact) mass is 531 g/mol. The number of β-amino-alcohol motifs (C(OH)–C–C–N with tert-alkyl or cyclic N) is 1. The second-order valence-electron chi connectivity index (χ2n) is 10.4. The summed E-state index contributed by atoms with van der Waals surface area (Å²) < 4.78 is 13.0. The predicted octanol–water partition coefficient (Wildman–Crippen LogP) is 4.36. The third-order valence-corrected chi connectivity index (χ3v) is 7.55. The van der Waals surface area contributed by atoms with Crippen LogP contribution in [0, 0.1) is 5.92 Å². The number of anilines is 1. The van der Waals surface area contributed by atoms with Gasteiger partial charge in [0, 0.05) is 43.3 Å². The van der Waals surface area contributed by atoms with E-state index in [0.717, 1.165) is 35.2 Å². The Morgan fingerprint density at radius 1 is 0.949 bits per heavy atom. The summed E-state index contributed by atoms with van der Waals surface area (Å²) >= 11 is 0. The van der Waals surface area contributed by atoms with Gasteiger partial charge in [0.15, 0.2) is 6.29 Å². The summed E-state index contributed by atoms with van der Waals surface area (Å²) in [5.41, 5.74) is 4.46. The predicted molar refractivity (Wildman–Crippen MR) is 149 cm³/mol. The molecule has 2 heterocycles. The van der Waals surface area contributed by atoms with Crippen LogP contribution in [0.15, 0.2) is 78.9 Å². The van der Waals surface area contributed by atoms with Crippen molar-refractivity contribution in [3.8, 4) is 0 Å². The summed E-state index contributed by atoms with van der Waals surface area (Å²) in [6, 6.07) is 24.9. The molecule has 3 aromatic rings. The molecule has 0 saturated carbocycles. The number of hydrogen-bond acceptors (Lipinski definition) is 6. The number of amides is 2. The number of urea groups is 1. The van der Waals surface area contributed by atoms with Crippen molar-refractivity contribution in [1.82, 2.24) is 10.2 Å². The van der Waals surface area contributed by atoms with Crippen molar-refractivity contribution >= 4 is 11.7 Å². The van der Waals surface area contributed by atoms with Crippen molar-refractivity contribution in [2.75, 3.05) is 25.0 Å². The lowest BCUT2D eigenvalue weighted by Gasteiger charge is -2.42. The van der Waals surface area contributed by atoms with Crippen LogP contribution in [0.4, 0.5) is 10.5 Å². The Kier molecular flexibility index (Phi) is 8.91. The van der Waals surface area contributed by atoms with Crippen LogP contribution in [0.25, 0.3) is 0 Å². The van der Waals surface area contributed by atoms with E-state index < -0.39 is 6.29 Å². The minimum absolute atomic E-state index is 0.00231. The molecule has 3 aromatic carbocycles. The molecule has 8 nitrogen and oxygen atoms in total. The number of aliphatic hydroxyl groups is 2. The normalized spacial score (nSPS) is 25.4. The SMILES string of the molecule is C[C@H]1[C@@H](CN2CC[C@H](O)C2)O[C@@H](c2ccc(NC(=O)NCc3ccccc3)cc2)O[C@H]1c1ccc(CO)cc1. The van der Waals surface area contributed by atoms with Gasteiger partial charge >= 0.3 is 6.03 Å². The Bertz CT molecular complexity index is 1210. The van der Waals surface area contributed by atoms with Crippen LogP contribution in [-0.2, 0) is 22.6 Å². The first-order valence-electron chi connectivity index (χ1n) is 13.6. The number of carbonyl (C=O) groups is 1. The van der Waals surface area contributed by atoms with Crippen LogP contribution in [0.5, 0.6) is 0 Å². The van der Waals surface area contributed by atoms with Crippen molar-refractivity contribution in [1.29, 1.82) is 0 Å². The molecular formula is C31H37N3O5. The number of nitrogens with one attached hydrogen (secondary N) is 2. The van der Waals surface area contributed by atoms with E-state index in [1.54, 1.807) is 0 Å². The smallest absolute Gasteiger partial charge is 0.319 e. The van der Waals surface area contributed by atoms with Gasteiger partial charge in [-0.15, -0.1) is 0 Å². The summed E-state index contributed by atoms with van der Waals surface area (Å²) in [7, 11) is 0. The van der Waals surface area contributed by atoms with Crippen molar-refractivity contribution in [3.63, 3.8) is 0 Å². The van der Waals surface area contributed by atoms with Gasteiger partial charge in [0.25, 0.3) is 0 Å². The topological polar surface area (TPSA) is 103 Å². The highest BCUT2D eigenvalue weighted by Gasteiger charge is 2.39. The van der Waals surface area contributed by atoms with Crippen LogP contribution in [0.3, 0.4) is 0 Å². The molecule has 0 radical (unpaired) electrons. The number of likely N-dealkylation sites (tertiary alicyclic amines) is 1. The number of benzene rings is 3. The Morgan fingerprint density at radius 3 is 2.33 bits per heavy atom. The molecule has 4 N–H and O–H groups in total. The molecule has 5 atom stereocenters. The summed E-state index contributed by atoms with van der Waals surface area (Å²) in [6.07, 6.45) is -0.390. The average molecular weight is 532 g/mol. The van der Waals surface area contributed by atoms with Gasteiger partial charge in [-0.05, 0) is 35.2 Å². The molecule has 0 unspecified atom stereocenters. The van der Waals surface area contributed by atoms with E-state index in [1.165, 1.54) is 0 Å². The van der Waals surface area contributed by atoms with Crippen LogP contribution in [-0.4, -0.2) is 53.0 Å². The first-order valence-corrected chi connectivity index (χ1v) is 13.6. The van der Waals surface area contributed by atoms with Crippen LogP contribution in [0.1, 0.15) is 48.0 Å². The van der Waals surface area contributed by atoms with Crippen LogP contribution < -0.4 is 10.6 Å². The van der Waals surface area contributed by atoms with Crippen molar-refractivity contribution < 1.29 is 24.5 Å². The van der Waals surface area contributed by atoms with Gasteiger partial charge in [0.2, 0.25) is 0 Å². The Hall–Kier alpha value is -3.27. The molecule has 2 aliphatic rings. The fourth-order valence-electron chi connectivity index (χ4n) is 5.24. The molecule has 0 aromatic heterocycles. The van der Waals surface area contributed by atoms with Crippen LogP contribution >= 0.6 is 0 Å². The van der Waals surface area contributed by atoms with Gasteiger partial charge in [0.05, 0.1) is 24.9 Å². The van der Waals surface area contributed by atoms with E-state index in [1.807, 2.05) is 78.9 Å². The molecule has 39 heavy (non-hydrogen) atoms. The Morgan fingerprint density at radius 2 is 1.67 bits per heavy atom. The Balaban J connectivity index is 1.27. The fraction of sp³-hybridized carbons (Fsp3) is 0.387. The average Bonchev–Trinajstić information content (AvgIpc) is 3.38. The molecule has 2 fully saturated rings. The van der Waals surface area contributed by atoms with Gasteiger partial charge in [-0.1, -0.05) is 73.7 Å². The quantitative estimate of drug-likeness (QED) is 0.345. The van der Waals surface area contributed by atoms with Crippen molar-refractivity contribution in [3.05, 3.63) is 101 Å². The molecule has 8 heteroatoms. The zero-order valence-corrected chi connectivity index (χ0v) is 22.2. The van der Waals surface area contributed by atoms with Gasteiger partial charge in [-0.25, -0.2) is 4.79 Å². The zero-order chi connectivity index (χ0) is 27.2. The lowest BCUT2D eigenvalue weighted by atomic mass is 9.90. The lowest BCUT2D eigenvalue weighted by Crippen LogP contribution is -2.44. The van der Waals surface area contributed by atoms with Crippen molar-refractivity contribution in [2.24, 2.45) is 5.92 Å². The molecule has 0 spiro atoms. The van der Waals surface area contributed by atoms with Gasteiger partial charge in [-0.2, -0.15) is 0 Å². The van der Waals surface area contributed by atoms with Gasteiger partial charge < -0.3 is 30.3 Å². The molecular weight excluding hydrogens is 494 g/mol. The maximum Gasteiger partial charge on any atom is 0.319 e. The number of rotatable bonds is 8. The number of nitrogens with zero attached hydrogens (tertiary/aromatic N) is 1. The van der Waals surface area contributed by atoms with E-state index in [2.05, 4.69) is 22.5 Å². The summed E-state index contributed by atoms with van der Waals surface area (Å²) in [4.78, 5) is 14.6. The zero-order valence-electron chi connectivity index (χ0n) is 22.2. The van der Waals surface area contributed by atoms with E-state index in [9.17, 15) is 15.0 Å². The maximum absolute atomic E-state index is 12.4. The second-order valence-corrected chi connectivity index (χ2v) is 10.4. The molecule has 5 rings (SSSR count). The minimum Gasteiger partial charge on any atom is -0.392 e. The maximum atomic E-state index is 12.4. The molecule has 206 valence electrons. The van der Waals surface area contributed by atoms with Crippen LogP contribution in [0.2, 0.25) is 0 Å². The highest BCUT2D eigenvalue weighted by molar-refractivity contribution is 5.89. The highest BCUT2D eigenvalue weighted by atomic mass is 16.7. The molecule has 2 saturated heterocycles. The van der Waals surface area contributed by atoms with Gasteiger partial charge in [-0.3, -0.25) is 4.90 Å². The van der Waals surface area contributed by atoms with E-state index in [0.29, 0.717) is 25.3 Å². The number of carbonyl (C=O) groups excluding carboxylic acids is 1. The Labute approximate surface area is 229 Å². The highest BCUT2D eigenvalue weighted by Crippen LogP contribution is 2.42. The number of hydrogen-bond donors (Lipinski definition) is 4. The summed E-state index contributed by atoms with van der Waals surface area (Å²) in [5, 5.41) is 25.2. The lowest BCUT2D eigenvalue weighted by molar-refractivity contribution is -0.276. The van der Waals surface area contributed by atoms with E-state index in [4.69, 9.17) is 9.47 Å². The van der Waals surface area contributed by atoms with Gasteiger partial charge in [0.1, 0.15) is 0 Å². The minimum atomic E-state index is -0.581. The first kappa shape index (κ1) is 27.3. The summed E-state index contributed by atoms with van der Waals surface area (Å²) in [6.45, 7) is 4.80. The summed E-state index contributed by atoms with van der Waals surface area (Å²) in [5.74, 6) is 0.0771. The molecule has 0 bridgehead atoms. The van der Waals surface area contributed by atoms with Crippen molar-refractivity contribution in [2.45, 2.75) is 51.1 Å².